The number of amides is 1. The fraction of sp³-hybridized carbons (Fsp3) is 0.389. The number of carbonyl (C=O) groups is 1. The van der Waals surface area contributed by atoms with Crippen LogP contribution < -0.4 is 14.8 Å². The second kappa shape index (κ2) is 7.26. The van der Waals surface area contributed by atoms with Gasteiger partial charge in [-0.25, -0.2) is 0 Å². The molecule has 1 aromatic heterocycles. The lowest BCUT2D eigenvalue weighted by molar-refractivity contribution is -0.118. The fourth-order valence-corrected chi connectivity index (χ4v) is 2.33. The van der Waals surface area contributed by atoms with Gasteiger partial charge in [0.2, 0.25) is 0 Å². The van der Waals surface area contributed by atoms with Crippen molar-refractivity contribution >= 4 is 11.7 Å². The molecule has 0 saturated carbocycles. The molecule has 25 heavy (non-hydrogen) atoms. The van der Waals surface area contributed by atoms with Gasteiger partial charge in [-0.15, -0.1) is 0 Å². The number of hydrogen-bond donors (Lipinski definition) is 1. The van der Waals surface area contributed by atoms with Gasteiger partial charge in [-0.1, -0.05) is 20.8 Å². The third kappa shape index (κ3) is 4.29. The summed E-state index contributed by atoms with van der Waals surface area (Å²) in [5.74, 6) is 1.34. The number of carbonyl (C=O) groups excluding carboxylic acids is 1. The summed E-state index contributed by atoms with van der Waals surface area (Å²) in [6.07, 6.45) is 1.40. The molecule has 0 unspecified atom stereocenters. The highest BCUT2D eigenvalue weighted by atomic mass is 16.5. The number of benzene rings is 1. The number of nitriles is 1. The lowest BCUT2D eigenvalue weighted by Gasteiger charge is -2.23. The summed E-state index contributed by atoms with van der Waals surface area (Å²) >= 11 is 0. The number of nitrogens with zero attached hydrogens (tertiary/aromatic N) is 3. The summed E-state index contributed by atoms with van der Waals surface area (Å²) < 4.78 is 12.4. The van der Waals surface area contributed by atoms with Gasteiger partial charge in [0.05, 0.1) is 13.3 Å². The Hall–Kier alpha value is -3.01. The molecular weight excluding hydrogens is 320 g/mol. The highest BCUT2D eigenvalue weighted by molar-refractivity contribution is 5.92. The lowest BCUT2D eigenvalue weighted by atomic mass is 9.86. The third-order valence-electron chi connectivity index (χ3n) is 3.67. The van der Waals surface area contributed by atoms with Gasteiger partial charge in [0.1, 0.15) is 28.9 Å². The number of anilines is 1. The minimum absolute atomic E-state index is 0.170. The average molecular weight is 342 g/mol. The molecule has 0 aliphatic carbocycles. The number of rotatable bonds is 5. The Balaban J connectivity index is 2.12. The van der Waals surface area contributed by atoms with Crippen LogP contribution in [-0.2, 0) is 17.3 Å². The number of ether oxygens (including phenoxy) is 2. The zero-order chi connectivity index (χ0) is 18.6. The molecule has 0 bridgehead atoms. The Bertz CT molecular complexity index is 813. The first-order valence-corrected chi connectivity index (χ1v) is 7.79. The van der Waals surface area contributed by atoms with Gasteiger partial charge in [0, 0.05) is 12.6 Å². The highest BCUT2D eigenvalue weighted by Gasteiger charge is 2.21. The van der Waals surface area contributed by atoms with E-state index in [9.17, 15) is 4.79 Å². The summed E-state index contributed by atoms with van der Waals surface area (Å²) in [6.45, 7) is 6.00. The molecule has 7 heteroatoms. The first-order chi connectivity index (χ1) is 11.8. The SMILES string of the molecule is COc1ccc(OCC(=O)Nc2c(C#N)cnn2C)c(C(C)(C)C)c1. The van der Waals surface area contributed by atoms with Crippen molar-refractivity contribution in [3.8, 4) is 17.6 Å². The zero-order valence-corrected chi connectivity index (χ0v) is 15.1. The molecule has 1 amide bonds. The first-order valence-electron chi connectivity index (χ1n) is 7.79. The van der Waals surface area contributed by atoms with Crippen molar-refractivity contribution in [1.82, 2.24) is 9.78 Å². The maximum atomic E-state index is 12.2. The van der Waals surface area contributed by atoms with E-state index in [1.165, 1.54) is 10.9 Å². The quantitative estimate of drug-likeness (QED) is 0.902. The van der Waals surface area contributed by atoms with Gasteiger partial charge in [-0.05, 0) is 23.6 Å². The van der Waals surface area contributed by atoms with Crippen molar-refractivity contribution in [2.75, 3.05) is 19.0 Å². The summed E-state index contributed by atoms with van der Waals surface area (Å²) in [7, 11) is 3.26. The smallest absolute Gasteiger partial charge is 0.263 e. The second-order valence-corrected chi connectivity index (χ2v) is 6.59. The van der Waals surface area contributed by atoms with Crippen LogP contribution in [-0.4, -0.2) is 29.4 Å². The van der Waals surface area contributed by atoms with Crippen molar-refractivity contribution in [1.29, 1.82) is 5.26 Å². The molecule has 0 fully saturated rings. The largest absolute Gasteiger partial charge is 0.497 e. The summed E-state index contributed by atoms with van der Waals surface area (Å²) in [6, 6.07) is 7.47. The Morgan fingerprint density at radius 2 is 2.12 bits per heavy atom. The van der Waals surface area contributed by atoms with Gasteiger partial charge >= 0.3 is 0 Å². The molecule has 0 spiro atoms. The zero-order valence-electron chi connectivity index (χ0n) is 15.1. The van der Waals surface area contributed by atoms with Gasteiger partial charge in [0.25, 0.3) is 5.91 Å². The maximum Gasteiger partial charge on any atom is 0.263 e. The van der Waals surface area contributed by atoms with E-state index in [1.54, 1.807) is 26.3 Å². The van der Waals surface area contributed by atoms with Crippen LogP contribution in [0.1, 0.15) is 31.9 Å². The minimum atomic E-state index is -0.365. The first kappa shape index (κ1) is 18.3. The minimum Gasteiger partial charge on any atom is -0.497 e. The molecule has 0 aliphatic rings. The van der Waals surface area contributed by atoms with Crippen LogP contribution in [0.25, 0.3) is 0 Å². The molecule has 7 nitrogen and oxygen atoms in total. The van der Waals surface area contributed by atoms with Crippen LogP contribution in [0.3, 0.4) is 0 Å². The van der Waals surface area contributed by atoms with Gasteiger partial charge in [-0.3, -0.25) is 9.48 Å². The summed E-state index contributed by atoms with van der Waals surface area (Å²) in [5, 5.41) is 15.6. The molecule has 0 aliphatic heterocycles. The number of nitrogens with one attached hydrogen (secondary N) is 1. The van der Waals surface area contributed by atoms with Crippen LogP contribution in [0.2, 0.25) is 0 Å². The molecule has 1 aromatic carbocycles. The maximum absolute atomic E-state index is 12.2. The molecule has 1 N–H and O–H groups in total. The summed E-state index contributed by atoms with van der Waals surface area (Å²) in [4.78, 5) is 12.2. The predicted molar refractivity (Wildman–Crippen MR) is 93.7 cm³/mol. The number of aromatic nitrogens is 2. The Labute approximate surface area is 147 Å². The average Bonchev–Trinajstić information content (AvgIpc) is 2.92. The monoisotopic (exact) mass is 342 g/mol. The molecule has 0 saturated heterocycles. The van der Waals surface area contributed by atoms with Crippen LogP contribution in [0.15, 0.2) is 24.4 Å². The predicted octanol–water partition coefficient (Wildman–Crippen LogP) is 2.62. The fourth-order valence-electron chi connectivity index (χ4n) is 2.33. The van der Waals surface area contributed by atoms with Gasteiger partial charge in [-0.2, -0.15) is 10.4 Å². The van der Waals surface area contributed by atoms with Crippen LogP contribution in [0.4, 0.5) is 5.82 Å². The van der Waals surface area contributed by atoms with E-state index in [0.29, 0.717) is 17.1 Å². The van der Waals surface area contributed by atoms with Crippen molar-refractivity contribution in [2.24, 2.45) is 7.05 Å². The van der Waals surface area contributed by atoms with Crippen LogP contribution >= 0.6 is 0 Å². The van der Waals surface area contributed by atoms with E-state index in [2.05, 4.69) is 31.2 Å². The topological polar surface area (TPSA) is 89.2 Å². The van der Waals surface area contributed by atoms with Crippen molar-refractivity contribution in [3.05, 3.63) is 35.5 Å². The number of methoxy groups -OCH3 is 1. The van der Waals surface area contributed by atoms with Gasteiger partial charge < -0.3 is 14.8 Å². The van der Waals surface area contributed by atoms with E-state index < -0.39 is 0 Å². The van der Waals surface area contributed by atoms with E-state index in [-0.39, 0.29) is 17.9 Å². The van der Waals surface area contributed by atoms with E-state index in [1.807, 2.05) is 12.1 Å². The van der Waals surface area contributed by atoms with E-state index in [4.69, 9.17) is 14.7 Å². The molecule has 132 valence electrons. The molecule has 1 heterocycles. The van der Waals surface area contributed by atoms with E-state index >= 15 is 0 Å². The second-order valence-electron chi connectivity index (χ2n) is 6.59. The molecule has 0 radical (unpaired) electrons. The van der Waals surface area contributed by atoms with Crippen molar-refractivity contribution in [3.63, 3.8) is 0 Å². The third-order valence-corrected chi connectivity index (χ3v) is 3.67. The van der Waals surface area contributed by atoms with Crippen LogP contribution in [0, 0.1) is 11.3 Å². The van der Waals surface area contributed by atoms with Crippen LogP contribution in [0.5, 0.6) is 11.5 Å². The highest BCUT2D eigenvalue weighted by Crippen LogP contribution is 2.34. The molecule has 2 rings (SSSR count). The molecular formula is C18H22N4O3. The van der Waals surface area contributed by atoms with E-state index in [0.717, 1.165) is 11.3 Å². The summed E-state index contributed by atoms with van der Waals surface area (Å²) in [5.41, 5.74) is 1.07. The normalized spacial score (nSPS) is 10.9. The molecule has 0 atom stereocenters. The Morgan fingerprint density at radius 3 is 2.72 bits per heavy atom. The van der Waals surface area contributed by atoms with Gasteiger partial charge in [0.15, 0.2) is 6.61 Å². The number of hydrogen-bond acceptors (Lipinski definition) is 5. The standard InChI is InChI=1S/C18H22N4O3/c1-18(2,3)14-8-13(24-5)6-7-15(14)25-11-16(23)21-17-12(9-19)10-20-22(17)4/h6-8,10H,11H2,1-5H3,(H,21,23). The van der Waals surface area contributed by atoms with Crippen molar-refractivity contribution < 1.29 is 14.3 Å². The Kier molecular flexibility index (Phi) is 5.32. The van der Waals surface area contributed by atoms with Crippen molar-refractivity contribution in [2.45, 2.75) is 26.2 Å². The lowest BCUT2D eigenvalue weighted by Crippen LogP contribution is -2.23. The Morgan fingerprint density at radius 1 is 1.40 bits per heavy atom. The number of aryl methyl sites for hydroxylation is 1. The molecule has 2 aromatic rings.